The van der Waals surface area contributed by atoms with Gasteiger partial charge in [0.2, 0.25) is 11.7 Å². The molecule has 0 aliphatic carbocycles. The zero-order chi connectivity index (χ0) is 24.6. The van der Waals surface area contributed by atoms with Crippen LogP contribution in [0.2, 0.25) is 5.02 Å². The van der Waals surface area contributed by atoms with Gasteiger partial charge in [0.15, 0.2) is 0 Å². The van der Waals surface area contributed by atoms with E-state index in [1.165, 1.54) is 5.56 Å². The molecule has 2 fully saturated rings. The van der Waals surface area contributed by atoms with Crippen molar-refractivity contribution in [3.8, 4) is 11.3 Å². The topological polar surface area (TPSA) is 53.7 Å². The summed E-state index contributed by atoms with van der Waals surface area (Å²) in [7, 11) is 0. The molecular formula is C29H30ClN5O. The van der Waals surface area contributed by atoms with Crippen molar-refractivity contribution in [2.24, 2.45) is 0 Å². The van der Waals surface area contributed by atoms with E-state index < -0.39 is 0 Å². The number of benzene rings is 2. The number of carbonyl (C=O) groups excluding carboxylic acids is 1. The van der Waals surface area contributed by atoms with E-state index in [1.807, 2.05) is 42.6 Å². The number of hydrogen-bond donors (Lipinski definition) is 0. The van der Waals surface area contributed by atoms with Crippen molar-refractivity contribution in [1.82, 2.24) is 24.2 Å². The molecule has 184 valence electrons. The number of rotatable bonds is 6. The Kier molecular flexibility index (Phi) is 6.23. The third-order valence-corrected chi connectivity index (χ3v) is 7.93. The van der Waals surface area contributed by atoms with Gasteiger partial charge in [0, 0.05) is 54.7 Å². The molecule has 1 amide bonds. The molecule has 0 radical (unpaired) electrons. The van der Waals surface area contributed by atoms with Crippen molar-refractivity contribution >= 4 is 23.3 Å². The Morgan fingerprint density at radius 2 is 1.72 bits per heavy atom. The van der Waals surface area contributed by atoms with Gasteiger partial charge in [-0.1, -0.05) is 54.9 Å². The van der Waals surface area contributed by atoms with E-state index in [4.69, 9.17) is 16.6 Å². The number of nitrogens with zero attached hydrogens (tertiary/aromatic N) is 5. The molecule has 4 heterocycles. The Morgan fingerprint density at radius 1 is 1.00 bits per heavy atom. The van der Waals surface area contributed by atoms with Crippen molar-refractivity contribution in [3.63, 3.8) is 0 Å². The highest BCUT2D eigenvalue weighted by molar-refractivity contribution is 6.30. The van der Waals surface area contributed by atoms with Gasteiger partial charge in [-0.3, -0.25) is 14.1 Å². The van der Waals surface area contributed by atoms with E-state index in [0.29, 0.717) is 17.2 Å². The minimum atomic E-state index is 0.265. The first-order valence-electron chi connectivity index (χ1n) is 12.8. The van der Waals surface area contributed by atoms with Gasteiger partial charge in [-0.15, -0.1) is 0 Å². The largest absolute Gasteiger partial charge is 0.334 e. The minimum Gasteiger partial charge on any atom is -0.334 e. The number of aryl methyl sites for hydroxylation is 1. The molecule has 7 heteroatoms. The monoisotopic (exact) mass is 499 g/mol. The fourth-order valence-corrected chi connectivity index (χ4v) is 6.12. The molecule has 2 aromatic carbocycles. The maximum Gasteiger partial charge on any atom is 0.234 e. The van der Waals surface area contributed by atoms with Crippen LogP contribution >= 0.6 is 11.6 Å². The molecule has 0 saturated carbocycles. The molecule has 36 heavy (non-hydrogen) atoms. The second kappa shape index (κ2) is 9.68. The number of likely N-dealkylation sites (tertiary alicyclic amines) is 1. The summed E-state index contributed by atoms with van der Waals surface area (Å²) < 4.78 is 2.09. The highest BCUT2D eigenvalue weighted by atomic mass is 35.5. The van der Waals surface area contributed by atoms with Gasteiger partial charge in [0.05, 0.1) is 17.8 Å². The van der Waals surface area contributed by atoms with Gasteiger partial charge in [-0.2, -0.15) is 0 Å². The van der Waals surface area contributed by atoms with E-state index in [-0.39, 0.29) is 18.0 Å². The van der Waals surface area contributed by atoms with Crippen molar-refractivity contribution in [2.75, 3.05) is 13.1 Å². The lowest BCUT2D eigenvalue weighted by molar-refractivity contribution is -0.136. The average Bonchev–Trinajstić information content (AvgIpc) is 3.39. The van der Waals surface area contributed by atoms with Gasteiger partial charge in [-0.05, 0) is 48.6 Å². The summed E-state index contributed by atoms with van der Waals surface area (Å²) in [5.74, 6) is 0.965. The number of hydrogen-bond acceptors (Lipinski definition) is 4. The van der Waals surface area contributed by atoms with Crippen LogP contribution in [0.25, 0.3) is 17.0 Å². The van der Waals surface area contributed by atoms with Crippen LogP contribution in [0.3, 0.4) is 0 Å². The maximum atomic E-state index is 13.4. The molecule has 6 nitrogen and oxygen atoms in total. The molecule has 2 unspecified atom stereocenters. The molecule has 2 saturated heterocycles. The zero-order valence-corrected chi connectivity index (χ0v) is 21.2. The number of halogens is 1. The first-order valence-corrected chi connectivity index (χ1v) is 13.2. The quantitative estimate of drug-likeness (QED) is 0.373. The van der Waals surface area contributed by atoms with Crippen LogP contribution in [0, 0.1) is 0 Å². The van der Waals surface area contributed by atoms with E-state index in [1.54, 1.807) is 6.20 Å². The van der Waals surface area contributed by atoms with Gasteiger partial charge in [-0.25, -0.2) is 9.97 Å². The molecule has 2 aliphatic rings. The van der Waals surface area contributed by atoms with Crippen LogP contribution < -0.4 is 0 Å². The fraction of sp³-hybridized carbons (Fsp3) is 0.345. The molecule has 2 aromatic heterocycles. The Hall–Kier alpha value is -3.22. The molecule has 2 atom stereocenters. The Bertz CT molecular complexity index is 1380. The SMILES string of the molecule is CCc1ccccc1CC(=O)N1C2CCC1CN(Cc1c(-c3ccc(Cl)cc3)nc3ncccn13)C2. The predicted octanol–water partition coefficient (Wildman–Crippen LogP) is 5.03. The van der Waals surface area contributed by atoms with Gasteiger partial charge in [0.1, 0.15) is 0 Å². The number of imidazole rings is 1. The van der Waals surface area contributed by atoms with E-state index >= 15 is 0 Å². The highest BCUT2D eigenvalue weighted by Gasteiger charge is 2.42. The number of amides is 1. The van der Waals surface area contributed by atoms with Crippen LogP contribution in [0.15, 0.2) is 67.0 Å². The van der Waals surface area contributed by atoms with Crippen molar-refractivity contribution in [2.45, 2.75) is 51.2 Å². The van der Waals surface area contributed by atoms with Gasteiger partial charge >= 0.3 is 0 Å². The lowest BCUT2D eigenvalue weighted by Crippen LogP contribution is -2.55. The standard InChI is InChI=1S/C29H30ClN5O/c1-2-20-6-3-4-7-22(20)16-27(36)35-24-12-13-25(35)18-33(17-24)19-26-28(21-8-10-23(30)11-9-21)32-29-31-14-5-15-34(26)29/h3-11,14-15,24-25H,2,12-13,16-19H2,1H3. The number of aromatic nitrogens is 3. The number of carbonyl (C=O) groups is 1. The molecule has 4 aromatic rings. The van der Waals surface area contributed by atoms with Crippen molar-refractivity contribution in [1.29, 1.82) is 0 Å². The minimum absolute atomic E-state index is 0.265. The molecular weight excluding hydrogens is 470 g/mol. The predicted molar refractivity (Wildman–Crippen MR) is 142 cm³/mol. The second-order valence-electron chi connectivity index (χ2n) is 9.88. The van der Waals surface area contributed by atoms with Crippen LogP contribution in [-0.2, 0) is 24.2 Å². The summed E-state index contributed by atoms with van der Waals surface area (Å²) in [6, 6.07) is 18.6. The Labute approximate surface area is 216 Å². The summed E-state index contributed by atoms with van der Waals surface area (Å²) in [6.45, 7) is 4.68. The number of piperazine rings is 1. The third kappa shape index (κ3) is 4.29. The van der Waals surface area contributed by atoms with Crippen molar-refractivity contribution in [3.05, 3.63) is 88.8 Å². The smallest absolute Gasteiger partial charge is 0.234 e. The fourth-order valence-electron chi connectivity index (χ4n) is 5.99. The van der Waals surface area contributed by atoms with E-state index in [9.17, 15) is 4.79 Å². The van der Waals surface area contributed by atoms with Gasteiger partial charge in [0.25, 0.3) is 0 Å². The van der Waals surface area contributed by atoms with Crippen LogP contribution in [0.4, 0.5) is 0 Å². The maximum absolute atomic E-state index is 13.4. The highest BCUT2D eigenvalue weighted by Crippen LogP contribution is 2.33. The van der Waals surface area contributed by atoms with Crippen LogP contribution in [-0.4, -0.2) is 55.2 Å². The number of fused-ring (bicyclic) bond motifs is 3. The van der Waals surface area contributed by atoms with E-state index in [2.05, 4.69) is 44.3 Å². The Balaban J connectivity index is 1.23. The summed E-state index contributed by atoms with van der Waals surface area (Å²) >= 11 is 6.14. The first kappa shape index (κ1) is 23.2. The lowest BCUT2D eigenvalue weighted by Gasteiger charge is -2.41. The van der Waals surface area contributed by atoms with Crippen LogP contribution in [0.1, 0.15) is 36.6 Å². The Morgan fingerprint density at radius 3 is 2.44 bits per heavy atom. The van der Waals surface area contributed by atoms with Crippen LogP contribution in [0.5, 0.6) is 0 Å². The normalized spacial score (nSPS) is 19.8. The summed E-state index contributed by atoms with van der Waals surface area (Å²) in [5, 5.41) is 0.709. The van der Waals surface area contributed by atoms with Gasteiger partial charge < -0.3 is 4.90 Å². The third-order valence-electron chi connectivity index (χ3n) is 7.68. The molecule has 2 aliphatic heterocycles. The molecule has 0 N–H and O–H groups in total. The molecule has 6 rings (SSSR count). The van der Waals surface area contributed by atoms with Crippen molar-refractivity contribution < 1.29 is 4.79 Å². The summed E-state index contributed by atoms with van der Waals surface area (Å²) in [4.78, 5) is 27.5. The second-order valence-corrected chi connectivity index (χ2v) is 10.3. The van der Waals surface area contributed by atoms with E-state index in [0.717, 1.165) is 61.4 Å². The summed E-state index contributed by atoms with van der Waals surface area (Å²) in [5.41, 5.74) is 5.53. The lowest BCUT2D eigenvalue weighted by atomic mass is 10.0. The molecule has 2 bridgehead atoms. The first-order chi connectivity index (χ1) is 17.6. The zero-order valence-electron chi connectivity index (χ0n) is 20.5. The summed E-state index contributed by atoms with van der Waals surface area (Å²) in [6.07, 6.45) is 7.40. The average molecular weight is 500 g/mol. The molecule has 0 spiro atoms.